The molecule has 0 unspecified atom stereocenters. The van der Waals surface area contributed by atoms with E-state index in [1.807, 2.05) is 0 Å². The molecular formula is C12H14FN3OS. The number of thioether (sulfide) groups is 1. The molecule has 2 aliphatic rings. The zero-order valence-corrected chi connectivity index (χ0v) is 10.5. The molecule has 18 heavy (non-hydrogen) atoms. The number of hydrogen-bond donors (Lipinski definition) is 2. The lowest BCUT2D eigenvalue weighted by Crippen LogP contribution is -2.40. The molecule has 4 nitrogen and oxygen atoms in total. The summed E-state index contributed by atoms with van der Waals surface area (Å²) in [6.07, 6.45) is 0. The molecule has 1 fully saturated rings. The van der Waals surface area contributed by atoms with Crippen LogP contribution >= 0.6 is 11.8 Å². The summed E-state index contributed by atoms with van der Waals surface area (Å²) in [5, 5.41) is 0.485. The summed E-state index contributed by atoms with van der Waals surface area (Å²) in [5.74, 6) is 0.637. The first-order valence-electron chi connectivity index (χ1n) is 5.73. The van der Waals surface area contributed by atoms with Crippen LogP contribution in [0.5, 0.6) is 0 Å². The first-order chi connectivity index (χ1) is 8.62. The summed E-state index contributed by atoms with van der Waals surface area (Å²) in [6.45, 7) is 0.942. The molecule has 1 saturated heterocycles. The van der Waals surface area contributed by atoms with Crippen LogP contribution in [-0.2, 0) is 10.3 Å². The molecule has 0 bridgehead atoms. The molecular weight excluding hydrogens is 253 g/mol. The van der Waals surface area contributed by atoms with Crippen LogP contribution in [0.3, 0.4) is 0 Å². The highest BCUT2D eigenvalue weighted by Gasteiger charge is 2.49. The van der Waals surface area contributed by atoms with Gasteiger partial charge in [0.1, 0.15) is 11.4 Å². The second-order valence-corrected chi connectivity index (χ2v) is 5.68. The molecule has 2 heterocycles. The van der Waals surface area contributed by atoms with Crippen LogP contribution in [0.15, 0.2) is 23.2 Å². The number of aliphatic imine (C=N–C) groups is 1. The van der Waals surface area contributed by atoms with Gasteiger partial charge in [0.2, 0.25) is 0 Å². The van der Waals surface area contributed by atoms with Gasteiger partial charge in [0.05, 0.1) is 13.2 Å². The zero-order chi connectivity index (χ0) is 12.8. The Labute approximate surface area is 109 Å². The third-order valence-electron chi connectivity index (χ3n) is 3.52. The average molecular weight is 267 g/mol. The van der Waals surface area contributed by atoms with Crippen molar-refractivity contribution in [3.8, 4) is 0 Å². The number of halogens is 1. The van der Waals surface area contributed by atoms with Gasteiger partial charge >= 0.3 is 0 Å². The second-order valence-electron chi connectivity index (χ2n) is 4.64. The van der Waals surface area contributed by atoms with Gasteiger partial charge in [-0.2, -0.15) is 0 Å². The Kier molecular flexibility index (Phi) is 2.71. The number of amidine groups is 1. The Morgan fingerprint density at radius 1 is 1.44 bits per heavy atom. The third-order valence-corrected chi connectivity index (χ3v) is 4.47. The third kappa shape index (κ3) is 1.67. The minimum absolute atomic E-state index is 0.145. The van der Waals surface area contributed by atoms with Gasteiger partial charge in [-0.25, -0.2) is 9.38 Å². The number of ether oxygens (including phenoxy) is 1. The maximum absolute atomic E-state index is 14.1. The number of nitrogens with zero attached hydrogens (tertiary/aromatic N) is 1. The number of hydrogen-bond acceptors (Lipinski definition) is 5. The molecule has 2 aliphatic heterocycles. The van der Waals surface area contributed by atoms with Gasteiger partial charge in [-0.05, 0) is 18.2 Å². The quantitative estimate of drug-likeness (QED) is 0.752. The van der Waals surface area contributed by atoms with Gasteiger partial charge in [0.15, 0.2) is 5.17 Å². The monoisotopic (exact) mass is 267 g/mol. The molecule has 0 aliphatic carbocycles. The fourth-order valence-electron chi connectivity index (χ4n) is 2.57. The van der Waals surface area contributed by atoms with Crippen molar-refractivity contribution in [3.05, 3.63) is 29.6 Å². The number of nitrogens with two attached hydrogens (primary N) is 2. The molecule has 2 atom stereocenters. The van der Waals surface area contributed by atoms with Crippen LogP contribution in [0.25, 0.3) is 0 Å². The average Bonchev–Trinajstić information content (AvgIpc) is 2.76. The second kappa shape index (κ2) is 4.13. The van der Waals surface area contributed by atoms with E-state index in [4.69, 9.17) is 16.2 Å². The van der Waals surface area contributed by atoms with Crippen LogP contribution in [-0.4, -0.2) is 24.1 Å². The summed E-state index contributed by atoms with van der Waals surface area (Å²) < 4.78 is 19.6. The van der Waals surface area contributed by atoms with Crippen molar-refractivity contribution >= 4 is 22.6 Å². The van der Waals surface area contributed by atoms with Crippen molar-refractivity contribution in [2.45, 2.75) is 5.54 Å². The van der Waals surface area contributed by atoms with E-state index in [2.05, 4.69) is 4.99 Å². The molecule has 1 aromatic rings. The molecule has 96 valence electrons. The lowest BCUT2D eigenvalue weighted by atomic mass is 9.81. The highest BCUT2D eigenvalue weighted by atomic mass is 32.2. The van der Waals surface area contributed by atoms with Crippen LogP contribution in [0, 0.1) is 11.7 Å². The Morgan fingerprint density at radius 3 is 3.11 bits per heavy atom. The topological polar surface area (TPSA) is 73.6 Å². The Hall–Kier alpha value is -1.27. The van der Waals surface area contributed by atoms with Gasteiger partial charge in [-0.15, -0.1) is 0 Å². The standard InChI is InChI=1S/C12H14FN3OS/c13-10-2-1-8(14)3-9(10)12-6-17-4-7(12)5-18-11(15)16-12/h1-3,7H,4-6,14H2,(H2,15,16)/t7-,12-/m0/s1. The van der Waals surface area contributed by atoms with Gasteiger partial charge in [-0.3, -0.25) is 0 Å². The Balaban J connectivity index is 2.17. The summed E-state index contributed by atoms with van der Waals surface area (Å²) in [7, 11) is 0. The predicted octanol–water partition coefficient (Wildman–Crippen LogP) is 1.31. The lowest BCUT2D eigenvalue weighted by Gasteiger charge is -2.34. The number of benzene rings is 1. The molecule has 0 radical (unpaired) electrons. The molecule has 4 N–H and O–H groups in total. The van der Waals surface area contributed by atoms with Gasteiger partial charge in [0, 0.05) is 22.9 Å². The first kappa shape index (κ1) is 11.8. The fourth-order valence-corrected chi connectivity index (χ4v) is 3.54. The first-order valence-corrected chi connectivity index (χ1v) is 6.72. The van der Waals surface area contributed by atoms with E-state index in [-0.39, 0.29) is 11.7 Å². The van der Waals surface area contributed by atoms with E-state index in [1.165, 1.54) is 17.8 Å². The van der Waals surface area contributed by atoms with Crippen molar-refractivity contribution in [1.29, 1.82) is 0 Å². The van der Waals surface area contributed by atoms with E-state index in [1.54, 1.807) is 12.1 Å². The summed E-state index contributed by atoms with van der Waals surface area (Å²) in [4.78, 5) is 4.48. The van der Waals surface area contributed by atoms with Crippen molar-refractivity contribution in [2.75, 3.05) is 24.7 Å². The van der Waals surface area contributed by atoms with Crippen LogP contribution < -0.4 is 11.5 Å². The van der Waals surface area contributed by atoms with Crippen molar-refractivity contribution in [3.63, 3.8) is 0 Å². The van der Waals surface area contributed by atoms with Gasteiger partial charge < -0.3 is 16.2 Å². The van der Waals surface area contributed by atoms with Crippen molar-refractivity contribution in [2.24, 2.45) is 16.6 Å². The number of fused-ring (bicyclic) bond motifs is 1. The van der Waals surface area contributed by atoms with E-state index >= 15 is 0 Å². The van der Waals surface area contributed by atoms with Gasteiger partial charge in [-0.1, -0.05) is 11.8 Å². The lowest BCUT2D eigenvalue weighted by molar-refractivity contribution is 0.176. The molecule has 1 aromatic carbocycles. The molecule has 0 amide bonds. The van der Waals surface area contributed by atoms with E-state index in [0.29, 0.717) is 29.6 Å². The highest BCUT2D eigenvalue weighted by molar-refractivity contribution is 8.13. The number of nitrogen functional groups attached to an aromatic ring is 1. The minimum Gasteiger partial charge on any atom is -0.399 e. The fraction of sp³-hybridized carbons (Fsp3) is 0.417. The minimum atomic E-state index is -0.700. The maximum Gasteiger partial charge on any atom is 0.154 e. The number of anilines is 1. The zero-order valence-electron chi connectivity index (χ0n) is 9.73. The van der Waals surface area contributed by atoms with Crippen molar-refractivity contribution < 1.29 is 9.13 Å². The van der Waals surface area contributed by atoms with E-state index < -0.39 is 5.54 Å². The Bertz CT molecular complexity index is 522. The van der Waals surface area contributed by atoms with Crippen molar-refractivity contribution in [1.82, 2.24) is 0 Å². The predicted molar refractivity (Wildman–Crippen MR) is 70.9 cm³/mol. The molecule has 0 spiro atoms. The largest absolute Gasteiger partial charge is 0.399 e. The normalized spacial score (nSPS) is 30.9. The Morgan fingerprint density at radius 2 is 2.28 bits per heavy atom. The van der Waals surface area contributed by atoms with Crippen LogP contribution in [0.4, 0.5) is 10.1 Å². The summed E-state index contributed by atoms with van der Waals surface area (Å²) >= 11 is 1.49. The molecule has 6 heteroatoms. The smallest absolute Gasteiger partial charge is 0.154 e. The SMILES string of the molecule is NC1=N[C@@]2(c3cc(N)ccc3F)COC[C@H]2CS1. The van der Waals surface area contributed by atoms with E-state index in [0.717, 1.165) is 5.75 Å². The summed E-state index contributed by atoms with van der Waals surface area (Å²) in [6, 6.07) is 4.57. The maximum atomic E-state index is 14.1. The van der Waals surface area contributed by atoms with Crippen LogP contribution in [0.1, 0.15) is 5.56 Å². The highest BCUT2D eigenvalue weighted by Crippen LogP contribution is 2.45. The molecule has 3 rings (SSSR count). The van der Waals surface area contributed by atoms with Gasteiger partial charge in [0.25, 0.3) is 0 Å². The number of rotatable bonds is 1. The summed E-state index contributed by atoms with van der Waals surface area (Å²) in [5.41, 5.74) is 11.9. The molecule has 0 aromatic heterocycles. The van der Waals surface area contributed by atoms with E-state index in [9.17, 15) is 4.39 Å². The molecule has 0 saturated carbocycles. The van der Waals surface area contributed by atoms with Crippen LogP contribution in [0.2, 0.25) is 0 Å².